The number of hydrogen-bond donors (Lipinski definition) is 1. The molecule has 1 aromatic heterocycles. The number of benzene rings is 2. The Bertz CT molecular complexity index is 700. The number of fused-ring (bicyclic) bond motifs is 1. The number of nitrogens with zero attached hydrogens (tertiary/aromatic N) is 1. The summed E-state index contributed by atoms with van der Waals surface area (Å²) in [4.78, 5) is 7.56. The van der Waals surface area contributed by atoms with Gasteiger partial charge in [0, 0.05) is 5.56 Å². The molecule has 2 heteroatoms. The number of aromatic nitrogens is 2. The van der Waals surface area contributed by atoms with E-state index < -0.39 is 0 Å². The van der Waals surface area contributed by atoms with Crippen LogP contribution in [0.25, 0.3) is 22.2 Å². The summed E-state index contributed by atoms with van der Waals surface area (Å²) in [6.07, 6.45) is 1.75. The fourth-order valence-electron chi connectivity index (χ4n) is 2.35. The van der Waals surface area contributed by atoms with Crippen molar-refractivity contribution in [3.8, 4) is 11.1 Å². The first-order valence-corrected chi connectivity index (χ1v) is 6.59. The molecule has 0 fully saturated rings. The Morgan fingerprint density at radius 1 is 0.947 bits per heavy atom. The monoisotopic (exact) mass is 250 g/mol. The van der Waals surface area contributed by atoms with Crippen molar-refractivity contribution in [1.29, 1.82) is 0 Å². The number of rotatable bonds is 1. The molecule has 96 valence electrons. The zero-order chi connectivity index (χ0) is 13.5. The van der Waals surface area contributed by atoms with E-state index in [4.69, 9.17) is 0 Å². The molecule has 0 unspecified atom stereocenters. The number of para-hydroxylation sites is 1. The lowest BCUT2D eigenvalue weighted by Crippen LogP contribution is -2.10. The van der Waals surface area contributed by atoms with Crippen molar-refractivity contribution in [3.05, 3.63) is 54.4 Å². The van der Waals surface area contributed by atoms with Crippen LogP contribution in [0.3, 0.4) is 0 Å². The third kappa shape index (κ3) is 2.14. The second kappa shape index (κ2) is 4.23. The first kappa shape index (κ1) is 12.0. The highest BCUT2D eigenvalue weighted by molar-refractivity contribution is 5.91. The maximum Gasteiger partial charge on any atom is 0.0960 e. The zero-order valence-electron chi connectivity index (χ0n) is 11.6. The minimum Gasteiger partial charge on any atom is -0.345 e. The van der Waals surface area contributed by atoms with E-state index >= 15 is 0 Å². The second-order valence-corrected chi connectivity index (χ2v) is 5.93. The molecule has 0 bridgehead atoms. The van der Waals surface area contributed by atoms with Crippen LogP contribution in [0.15, 0.2) is 48.8 Å². The average molecular weight is 250 g/mol. The normalized spacial score (nSPS) is 11.9. The van der Waals surface area contributed by atoms with Gasteiger partial charge in [0.1, 0.15) is 0 Å². The Kier molecular flexibility index (Phi) is 2.67. The number of nitrogens with one attached hydrogen (secondary N) is 1. The summed E-state index contributed by atoms with van der Waals surface area (Å²) in [6.45, 7) is 6.70. The molecule has 0 aliphatic carbocycles. The average Bonchev–Trinajstić information content (AvgIpc) is 2.86. The zero-order valence-corrected chi connectivity index (χ0v) is 11.6. The summed E-state index contributed by atoms with van der Waals surface area (Å²) >= 11 is 0. The van der Waals surface area contributed by atoms with Gasteiger partial charge in [-0.05, 0) is 22.6 Å². The van der Waals surface area contributed by atoms with Gasteiger partial charge in [0.2, 0.25) is 0 Å². The second-order valence-electron chi connectivity index (χ2n) is 5.93. The molecule has 0 radical (unpaired) electrons. The number of hydrogen-bond acceptors (Lipinski definition) is 1. The van der Waals surface area contributed by atoms with Crippen LogP contribution in [0.1, 0.15) is 26.3 Å². The lowest BCUT2D eigenvalue weighted by atomic mass is 9.86. The van der Waals surface area contributed by atoms with Gasteiger partial charge in [0.25, 0.3) is 0 Å². The molecular weight excluding hydrogens is 232 g/mol. The van der Waals surface area contributed by atoms with Crippen molar-refractivity contribution in [3.63, 3.8) is 0 Å². The Balaban J connectivity index is 2.10. The Labute approximate surface area is 113 Å². The van der Waals surface area contributed by atoms with Gasteiger partial charge in [-0.25, -0.2) is 4.98 Å². The minimum atomic E-state index is 0.191. The van der Waals surface area contributed by atoms with Gasteiger partial charge in [-0.2, -0.15) is 0 Å². The van der Waals surface area contributed by atoms with Crippen LogP contribution in [0.4, 0.5) is 0 Å². The molecule has 1 N–H and O–H groups in total. The van der Waals surface area contributed by atoms with Crippen LogP contribution < -0.4 is 0 Å². The lowest BCUT2D eigenvalue weighted by molar-refractivity contribution is 0.590. The predicted molar refractivity (Wildman–Crippen MR) is 80.2 cm³/mol. The third-order valence-corrected chi connectivity index (χ3v) is 3.51. The molecular formula is C17H18N2. The maximum atomic E-state index is 4.41. The maximum absolute atomic E-state index is 4.41. The van der Waals surface area contributed by atoms with E-state index in [-0.39, 0.29) is 5.41 Å². The Hall–Kier alpha value is -2.09. The Morgan fingerprint density at radius 3 is 2.37 bits per heavy atom. The molecule has 19 heavy (non-hydrogen) atoms. The van der Waals surface area contributed by atoms with Crippen LogP contribution in [-0.2, 0) is 5.41 Å². The summed E-state index contributed by atoms with van der Waals surface area (Å²) in [7, 11) is 0. The molecule has 0 atom stereocenters. The molecule has 3 rings (SSSR count). The molecule has 1 heterocycles. The molecule has 0 saturated carbocycles. The van der Waals surface area contributed by atoms with Crippen molar-refractivity contribution in [2.75, 3.05) is 0 Å². The molecule has 0 aliphatic heterocycles. The predicted octanol–water partition coefficient (Wildman–Crippen LogP) is 4.53. The van der Waals surface area contributed by atoms with E-state index in [9.17, 15) is 0 Å². The molecule has 2 aromatic carbocycles. The fraction of sp³-hybridized carbons (Fsp3) is 0.235. The number of H-pyrrole nitrogens is 1. The topological polar surface area (TPSA) is 28.7 Å². The first-order chi connectivity index (χ1) is 9.05. The van der Waals surface area contributed by atoms with Crippen LogP contribution in [0, 0.1) is 0 Å². The van der Waals surface area contributed by atoms with Crippen molar-refractivity contribution in [1.82, 2.24) is 9.97 Å². The largest absolute Gasteiger partial charge is 0.345 e. The fourth-order valence-corrected chi connectivity index (χ4v) is 2.35. The summed E-state index contributed by atoms with van der Waals surface area (Å²) < 4.78 is 0. The molecule has 3 aromatic rings. The lowest BCUT2D eigenvalue weighted by Gasteiger charge is -2.19. The SMILES string of the molecule is CC(C)(C)c1ccc(-c2cccc3[nH]cnc23)cc1. The standard InChI is InChI=1S/C17H18N2/c1-17(2,3)13-9-7-12(8-10-13)14-5-4-6-15-16(14)19-11-18-15/h4-11H,1-3H3,(H,18,19). The van der Waals surface area contributed by atoms with Crippen molar-refractivity contribution in [2.45, 2.75) is 26.2 Å². The van der Waals surface area contributed by atoms with Gasteiger partial charge < -0.3 is 4.98 Å². The van der Waals surface area contributed by atoms with E-state index in [0.717, 1.165) is 11.0 Å². The van der Waals surface area contributed by atoms with E-state index in [1.807, 2.05) is 0 Å². The van der Waals surface area contributed by atoms with Crippen LogP contribution in [0.5, 0.6) is 0 Å². The smallest absolute Gasteiger partial charge is 0.0960 e. The van der Waals surface area contributed by atoms with Gasteiger partial charge in [0.05, 0.1) is 17.4 Å². The van der Waals surface area contributed by atoms with E-state index in [0.29, 0.717) is 0 Å². The molecule has 2 nitrogen and oxygen atoms in total. The van der Waals surface area contributed by atoms with E-state index in [1.54, 1.807) is 6.33 Å². The summed E-state index contributed by atoms with van der Waals surface area (Å²) in [5.41, 5.74) is 6.05. The van der Waals surface area contributed by atoms with E-state index in [1.165, 1.54) is 16.7 Å². The Morgan fingerprint density at radius 2 is 1.68 bits per heavy atom. The summed E-state index contributed by atoms with van der Waals surface area (Å²) in [6, 6.07) is 15.0. The van der Waals surface area contributed by atoms with Gasteiger partial charge in [-0.1, -0.05) is 57.2 Å². The highest BCUT2D eigenvalue weighted by Gasteiger charge is 2.13. The quantitative estimate of drug-likeness (QED) is 0.675. The van der Waals surface area contributed by atoms with Crippen LogP contribution in [-0.4, -0.2) is 9.97 Å². The minimum absolute atomic E-state index is 0.191. The molecule has 0 aliphatic rings. The summed E-state index contributed by atoms with van der Waals surface area (Å²) in [5, 5.41) is 0. The highest BCUT2D eigenvalue weighted by atomic mass is 14.9. The van der Waals surface area contributed by atoms with Gasteiger partial charge in [0.15, 0.2) is 0 Å². The van der Waals surface area contributed by atoms with E-state index in [2.05, 4.69) is 73.2 Å². The van der Waals surface area contributed by atoms with Crippen molar-refractivity contribution >= 4 is 11.0 Å². The highest BCUT2D eigenvalue weighted by Crippen LogP contribution is 2.29. The molecule has 0 saturated heterocycles. The van der Waals surface area contributed by atoms with Gasteiger partial charge >= 0.3 is 0 Å². The number of aromatic amines is 1. The molecule has 0 spiro atoms. The summed E-state index contributed by atoms with van der Waals surface area (Å²) in [5.74, 6) is 0. The van der Waals surface area contributed by atoms with Crippen molar-refractivity contribution < 1.29 is 0 Å². The van der Waals surface area contributed by atoms with Gasteiger partial charge in [-0.15, -0.1) is 0 Å². The number of imidazole rings is 1. The van der Waals surface area contributed by atoms with Crippen LogP contribution in [0.2, 0.25) is 0 Å². The molecule has 0 amide bonds. The van der Waals surface area contributed by atoms with Crippen LogP contribution >= 0.6 is 0 Å². The third-order valence-electron chi connectivity index (χ3n) is 3.51. The van der Waals surface area contributed by atoms with Crippen molar-refractivity contribution in [2.24, 2.45) is 0 Å². The first-order valence-electron chi connectivity index (χ1n) is 6.59. The van der Waals surface area contributed by atoms with Gasteiger partial charge in [-0.3, -0.25) is 0 Å².